The Bertz CT molecular complexity index is 1020. The van der Waals surface area contributed by atoms with Gasteiger partial charge in [-0.3, -0.25) is 0 Å². The predicted octanol–water partition coefficient (Wildman–Crippen LogP) is 5.09. The lowest BCUT2D eigenvalue weighted by molar-refractivity contribution is 0.0754. The predicted molar refractivity (Wildman–Crippen MR) is 108 cm³/mol. The summed E-state index contributed by atoms with van der Waals surface area (Å²) in [6.45, 7) is 0. The van der Waals surface area contributed by atoms with Crippen LogP contribution < -0.4 is 0 Å². The second-order valence-corrected chi connectivity index (χ2v) is 8.43. The van der Waals surface area contributed by atoms with Gasteiger partial charge in [-0.25, -0.2) is 4.98 Å². The van der Waals surface area contributed by atoms with E-state index in [2.05, 4.69) is 39.7 Å². The molecule has 1 aromatic carbocycles. The van der Waals surface area contributed by atoms with E-state index in [0.717, 1.165) is 36.9 Å². The zero-order valence-corrected chi connectivity index (χ0v) is 16.0. The molecule has 0 saturated heterocycles. The van der Waals surface area contributed by atoms with Crippen LogP contribution in [0.1, 0.15) is 78.8 Å². The van der Waals surface area contributed by atoms with E-state index in [1.54, 1.807) is 0 Å². The second kappa shape index (κ2) is 7.07. The van der Waals surface area contributed by atoms with Gasteiger partial charge in [0, 0.05) is 0 Å². The maximum absolute atomic E-state index is 11.4. The fourth-order valence-electron chi connectivity index (χ4n) is 4.90. The fraction of sp³-hybridized carbons (Fsp3) is 0.417. The van der Waals surface area contributed by atoms with Crippen LogP contribution in [0.2, 0.25) is 0 Å². The van der Waals surface area contributed by atoms with Crippen molar-refractivity contribution in [2.45, 2.75) is 56.5 Å². The first kappa shape index (κ1) is 17.5. The minimum atomic E-state index is -0.435. The lowest BCUT2D eigenvalue weighted by Gasteiger charge is -2.33. The highest BCUT2D eigenvalue weighted by Crippen LogP contribution is 2.47. The Morgan fingerprint density at radius 2 is 1.68 bits per heavy atom. The van der Waals surface area contributed by atoms with Crippen LogP contribution in [-0.4, -0.2) is 14.5 Å². The number of hydrogen-bond donors (Lipinski definition) is 1. The van der Waals surface area contributed by atoms with Gasteiger partial charge in [0.25, 0.3) is 0 Å². The Balaban J connectivity index is 1.35. The van der Waals surface area contributed by atoms with Crippen LogP contribution in [0, 0.1) is 17.2 Å². The van der Waals surface area contributed by atoms with Gasteiger partial charge >= 0.3 is 0 Å². The molecule has 4 nitrogen and oxygen atoms in total. The van der Waals surface area contributed by atoms with Crippen LogP contribution >= 0.6 is 0 Å². The first-order valence-corrected chi connectivity index (χ1v) is 10.4. The largest absolute Gasteiger partial charge is 0.387 e. The van der Waals surface area contributed by atoms with Crippen LogP contribution in [0.5, 0.6) is 0 Å². The number of nitriles is 1. The smallest absolute Gasteiger partial charge is 0.0995 e. The van der Waals surface area contributed by atoms with Crippen molar-refractivity contribution in [3.8, 4) is 6.07 Å². The molecule has 0 unspecified atom stereocenters. The standard InChI is InChI=1S/C24H25N3O/c25-13-16-1-3-17(4-2-16)18-5-9-20(10-6-18)24(28)23-22(19-7-8-19)12-11-21-14-26-15-27(21)23/h1-4,11-12,14-15,18-20,24,28H,5-10H2/t18?,20?,24-/m0/s1. The number of rotatable bonds is 4. The van der Waals surface area contributed by atoms with Gasteiger partial charge in [0.05, 0.1) is 41.5 Å². The summed E-state index contributed by atoms with van der Waals surface area (Å²) in [5.41, 5.74) is 5.48. The van der Waals surface area contributed by atoms with Crippen molar-refractivity contribution in [1.82, 2.24) is 9.38 Å². The zero-order chi connectivity index (χ0) is 19.1. The lowest BCUT2D eigenvalue weighted by Crippen LogP contribution is -2.22. The maximum Gasteiger partial charge on any atom is 0.0995 e. The molecule has 0 radical (unpaired) electrons. The molecule has 0 spiro atoms. The van der Waals surface area contributed by atoms with Gasteiger partial charge < -0.3 is 9.51 Å². The number of aliphatic hydroxyl groups excluding tert-OH is 1. The van der Waals surface area contributed by atoms with Crippen LogP contribution in [-0.2, 0) is 0 Å². The molecular formula is C24H25N3O. The lowest BCUT2D eigenvalue weighted by atomic mass is 9.75. The highest BCUT2D eigenvalue weighted by molar-refractivity contribution is 5.50. The Labute approximate surface area is 165 Å². The minimum Gasteiger partial charge on any atom is -0.387 e. The van der Waals surface area contributed by atoms with E-state index in [1.165, 1.54) is 24.0 Å². The molecule has 0 amide bonds. The normalized spacial score (nSPS) is 23.4. The van der Waals surface area contributed by atoms with Gasteiger partial charge in [0.1, 0.15) is 0 Å². The summed E-state index contributed by atoms with van der Waals surface area (Å²) in [6, 6.07) is 14.5. The van der Waals surface area contributed by atoms with Crippen molar-refractivity contribution >= 4 is 5.52 Å². The molecular weight excluding hydrogens is 346 g/mol. The molecule has 2 aromatic heterocycles. The first-order chi connectivity index (χ1) is 13.7. The molecule has 2 fully saturated rings. The van der Waals surface area contributed by atoms with Gasteiger partial charge in [-0.2, -0.15) is 5.26 Å². The molecule has 2 aliphatic carbocycles. The third kappa shape index (κ3) is 3.10. The summed E-state index contributed by atoms with van der Waals surface area (Å²) in [5, 5.41) is 20.3. The molecule has 0 aliphatic heterocycles. The summed E-state index contributed by atoms with van der Waals surface area (Å²) in [4.78, 5) is 4.31. The second-order valence-electron chi connectivity index (χ2n) is 8.43. The van der Waals surface area contributed by atoms with Crippen molar-refractivity contribution in [1.29, 1.82) is 5.26 Å². The Morgan fingerprint density at radius 3 is 2.36 bits per heavy atom. The fourth-order valence-corrected chi connectivity index (χ4v) is 4.90. The summed E-state index contributed by atoms with van der Waals surface area (Å²) < 4.78 is 2.10. The van der Waals surface area contributed by atoms with Crippen molar-refractivity contribution in [3.63, 3.8) is 0 Å². The average Bonchev–Trinajstić information content (AvgIpc) is 3.49. The molecule has 3 aromatic rings. The molecule has 2 aliphatic rings. The molecule has 5 rings (SSSR count). The van der Waals surface area contributed by atoms with Crippen LogP contribution in [0.3, 0.4) is 0 Å². The van der Waals surface area contributed by atoms with Crippen LogP contribution in [0.25, 0.3) is 5.52 Å². The number of hydrogen-bond acceptors (Lipinski definition) is 3. The Hall–Kier alpha value is -2.64. The highest BCUT2D eigenvalue weighted by Gasteiger charge is 2.34. The van der Waals surface area contributed by atoms with E-state index in [4.69, 9.17) is 5.26 Å². The SMILES string of the molecule is N#Cc1ccc(C2CCC([C@H](O)c3c(C4CC4)ccc4cncn34)CC2)cc1. The third-order valence-corrected chi connectivity index (χ3v) is 6.68. The van der Waals surface area contributed by atoms with Gasteiger partial charge in [-0.1, -0.05) is 18.2 Å². The summed E-state index contributed by atoms with van der Waals surface area (Å²) in [5.74, 6) is 1.43. The van der Waals surface area contributed by atoms with E-state index >= 15 is 0 Å². The van der Waals surface area contributed by atoms with E-state index in [1.807, 2.05) is 24.7 Å². The number of aliphatic hydroxyl groups is 1. The van der Waals surface area contributed by atoms with Crippen molar-refractivity contribution in [2.24, 2.45) is 5.92 Å². The monoisotopic (exact) mass is 371 g/mol. The van der Waals surface area contributed by atoms with Crippen LogP contribution in [0.4, 0.5) is 0 Å². The van der Waals surface area contributed by atoms with Gasteiger partial charge in [0.15, 0.2) is 0 Å². The number of benzene rings is 1. The molecule has 142 valence electrons. The van der Waals surface area contributed by atoms with E-state index in [9.17, 15) is 5.11 Å². The van der Waals surface area contributed by atoms with Crippen LogP contribution in [0.15, 0.2) is 48.9 Å². The van der Waals surface area contributed by atoms with E-state index in [0.29, 0.717) is 23.3 Å². The topological polar surface area (TPSA) is 61.3 Å². The Kier molecular flexibility index (Phi) is 4.41. The van der Waals surface area contributed by atoms with Gasteiger partial charge in [-0.05, 0) is 85.6 Å². The minimum absolute atomic E-state index is 0.292. The number of pyridine rings is 1. The first-order valence-electron chi connectivity index (χ1n) is 10.4. The molecule has 4 heteroatoms. The molecule has 2 saturated carbocycles. The van der Waals surface area contributed by atoms with E-state index < -0.39 is 6.10 Å². The van der Waals surface area contributed by atoms with Crippen molar-refractivity contribution in [2.75, 3.05) is 0 Å². The van der Waals surface area contributed by atoms with Gasteiger partial charge in [0.2, 0.25) is 0 Å². The number of nitrogens with zero attached hydrogens (tertiary/aromatic N) is 3. The zero-order valence-electron chi connectivity index (χ0n) is 16.0. The quantitative estimate of drug-likeness (QED) is 0.695. The maximum atomic E-state index is 11.4. The molecule has 28 heavy (non-hydrogen) atoms. The third-order valence-electron chi connectivity index (χ3n) is 6.68. The number of fused-ring (bicyclic) bond motifs is 1. The Morgan fingerprint density at radius 1 is 0.964 bits per heavy atom. The summed E-state index contributed by atoms with van der Waals surface area (Å²) in [7, 11) is 0. The molecule has 1 N–H and O–H groups in total. The van der Waals surface area contributed by atoms with E-state index in [-0.39, 0.29) is 0 Å². The summed E-state index contributed by atoms with van der Waals surface area (Å²) in [6.07, 6.45) is 9.98. The molecule has 0 bridgehead atoms. The average molecular weight is 371 g/mol. The molecule has 2 heterocycles. The number of aromatic nitrogens is 2. The highest BCUT2D eigenvalue weighted by atomic mass is 16.3. The number of imidazole rings is 1. The van der Waals surface area contributed by atoms with Crippen molar-refractivity contribution in [3.05, 3.63) is 71.3 Å². The van der Waals surface area contributed by atoms with Crippen molar-refractivity contribution < 1.29 is 5.11 Å². The van der Waals surface area contributed by atoms with Gasteiger partial charge in [-0.15, -0.1) is 0 Å². The molecule has 1 atom stereocenters. The summed E-state index contributed by atoms with van der Waals surface area (Å²) >= 11 is 0.